The normalized spacial score (nSPS) is 14.4. The van der Waals surface area contributed by atoms with E-state index in [1.54, 1.807) is 4.57 Å². The minimum absolute atomic E-state index is 0.0696. The van der Waals surface area contributed by atoms with E-state index in [-0.39, 0.29) is 5.56 Å². The zero-order valence-corrected chi connectivity index (χ0v) is 18.8. The van der Waals surface area contributed by atoms with Gasteiger partial charge >= 0.3 is 0 Å². The van der Waals surface area contributed by atoms with Crippen LogP contribution in [0.1, 0.15) is 25.7 Å². The fourth-order valence-electron chi connectivity index (χ4n) is 4.50. The number of piperidine rings is 1. The molecule has 1 aliphatic heterocycles. The quantitative estimate of drug-likeness (QED) is 0.366. The monoisotopic (exact) mass is 439 g/mol. The molecular formula is C28H29N3O2. The van der Waals surface area contributed by atoms with Crippen molar-refractivity contribution in [1.82, 2.24) is 14.5 Å². The second-order valence-corrected chi connectivity index (χ2v) is 8.56. The van der Waals surface area contributed by atoms with E-state index in [0.29, 0.717) is 23.3 Å². The molecule has 0 bridgehead atoms. The first-order valence-corrected chi connectivity index (χ1v) is 11.8. The summed E-state index contributed by atoms with van der Waals surface area (Å²) in [5.74, 6) is 1.47. The third-order valence-electron chi connectivity index (χ3n) is 6.24. The summed E-state index contributed by atoms with van der Waals surface area (Å²) < 4.78 is 7.67. The van der Waals surface area contributed by atoms with Crippen LogP contribution in [0.2, 0.25) is 0 Å². The van der Waals surface area contributed by atoms with Crippen molar-refractivity contribution < 1.29 is 4.74 Å². The van der Waals surface area contributed by atoms with Gasteiger partial charge in [0.25, 0.3) is 5.56 Å². The van der Waals surface area contributed by atoms with Gasteiger partial charge in [0.15, 0.2) is 0 Å². The number of aromatic nitrogens is 2. The van der Waals surface area contributed by atoms with Gasteiger partial charge in [0.1, 0.15) is 11.6 Å². The van der Waals surface area contributed by atoms with Crippen molar-refractivity contribution in [2.24, 2.45) is 0 Å². The molecule has 0 radical (unpaired) electrons. The van der Waals surface area contributed by atoms with Crippen LogP contribution in [-0.4, -0.2) is 40.7 Å². The van der Waals surface area contributed by atoms with Crippen LogP contribution in [-0.2, 0) is 0 Å². The summed E-state index contributed by atoms with van der Waals surface area (Å²) in [4.78, 5) is 20.8. The first-order valence-electron chi connectivity index (χ1n) is 11.8. The van der Waals surface area contributed by atoms with Gasteiger partial charge in [-0.2, -0.15) is 0 Å². The second-order valence-electron chi connectivity index (χ2n) is 8.56. The molecule has 168 valence electrons. The number of nitrogens with zero attached hydrogens (tertiary/aromatic N) is 3. The summed E-state index contributed by atoms with van der Waals surface area (Å²) in [6.45, 7) is 4.24. The molecule has 1 aliphatic rings. The smallest absolute Gasteiger partial charge is 0.266 e. The van der Waals surface area contributed by atoms with Gasteiger partial charge < -0.3 is 9.64 Å². The molecule has 1 aromatic heterocycles. The fourth-order valence-corrected chi connectivity index (χ4v) is 4.50. The van der Waals surface area contributed by atoms with Crippen molar-refractivity contribution in [2.45, 2.75) is 25.7 Å². The number of fused-ring (bicyclic) bond motifs is 1. The number of rotatable bonds is 7. The maximum Gasteiger partial charge on any atom is 0.266 e. The predicted octanol–water partition coefficient (Wildman–Crippen LogP) is 5.31. The summed E-state index contributed by atoms with van der Waals surface area (Å²) in [6, 6.07) is 25.1. The Hall–Kier alpha value is -3.44. The Morgan fingerprint density at radius 3 is 2.33 bits per heavy atom. The topological polar surface area (TPSA) is 47.4 Å². The SMILES string of the molecule is O=c1c2ccccc2nc(-c2ccc(OCCCN3CCCCC3)cc2)n1-c1ccccc1. The van der Waals surface area contributed by atoms with Crippen LogP contribution in [0.4, 0.5) is 0 Å². The molecule has 2 heterocycles. The largest absolute Gasteiger partial charge is 0.494 e. The molecule has 5 rings (SSSR count). The number of ether oxygens (including phenoxy) is 1. The minimum Gasteiger partial charge on any atom is -0.494 e. The molecule has 0 atom stereocenters. The van der Waals surface area contributed by atoms with Gasteiger partial charge in [-0.15, -0.1) is 0 Å². The van der Waals surface area contributed by atoms with Gasteiger partial charge in [-0.25, -0.2) is 4.98 Å². The Balaban J connectivity index is 1.38. The molecule has 33 heavy (non-hydrogen) atoms. The van der Waals surface area contributed by atoms with Gasteiger partial charge in [0, 0.05) is 12.1 Å². The molecule has 0 aliphatic carbocycles. The second kappa shape index (κ2) is 10.0. The Morgan fingerprint density at radius 2 is 1.55 bits per heavy atom. The van der Waals surface area contributed by atoms with Crippen LogP contribution >= 0.6 is 0 Å². The maximum atomic E-state index is 13.4. The Kier molecular flexibility index (Phi) is 6.49. The predicted molar refractivity (Wildman–Crippen MR) is 133 cm³/mol. The number of hydrogen-bond acceptors (Lipinski definition) is 4. The lowest BCUT2D eigenvalue weighted by Crippen LogP contribution is -2.31. The maximum absolute atomic E-state index is 13.4. The average Bonchev–Trinajstić information content (AvgIpc) is 2.88. The standard InChI is InChI=1S/C28H29N3O2/c32-28-25-12-5-6-13-26(25)29-27(31(28)23-10-3-1-4-11-23)22-14-16-24(17-15-22)33-21-9-20-30-18-7-2-8-19-30/h1,3-6,10-17H,2,7-9,18-21H2. The molecule has 0 amide bonds. The van der Waals surface area contributed by atoms with E-state index >= 15 is 0 Å². The molecule has 5 heteroatoms. The molecule has 4 aromatic rings. The van der Waals surface area contributed by atoms with Crippen LogP contribution in [0.15, 0.2) is 83.7 Å². The zero-order chi connectivity index (χ0) is 22.5. The fraction of sp³-hybridized carbons (Fsp3) is 0.286. The van der Waals surface area contributed by atoms with Crippen molar-refractivity contribution >= 4 is 10.9 Å². The third-order valence-corrected chi connectivity index (χ3v) is 6.24. The van der Waals surface area contributed by atoms with E-state index in [9.17, 15) is 4.79 Å². The lowest BCUT2D eigenvalue weighted by Gasteiger charge is -2.26. The van der Waals surface area contributed by atoms with E-state index in [0.717, 1.165) is 30.0 Å². The molecule has 0 N–H and O–H groups in total. The lowest BCUT2D eigenvalue weighted by molar-refractivity contribution is 0.205. The summed E-state index contributed by atoms with van der Waals surface area (Å²) in [7, 11) is 0. The first-order chi connectivity index (χ1) is 16.3. The van der Waals surface area contributed by atoms with E-state index in [1.807, 2.05) is 78.9 Å². The Bertz CT molecular complexity index is 1260. The number of likely N-dealkylation sites (tertiary alicyclic amines) is 1. The molecule has 3 aromatic carbocycles. The summed E-state index contributed by atoms with van der Waals surface area (Å²) in [5.41, 5.74) is 2.30. The highest BCUT2D eigenvalue weighted by Crippen LogP contribution is 2.24. The van der Waals surface area contributed by atoms with Crippen molar-refractivity contribution in [3.05, 3.63) is 89.2 Å². The highest BCUT2D eigenvalue weighted by molar-refractivity contribution is 5.80. The van der Waals surface area contributed by atoms with E-state index in [2.05, 4.69) is 4.90 Å². The molecular weight excluding hydrogens is 410 g/mol. The average molecular weight is 440 g/mol. The summed E-state index contributed by atoms with van der Waals surface area (Å²) in [6.07, 6.45) is 5.03. The van der Waals surface area contributed by atoms with Crippen molar-refractivity contribution in [1.29, 1.82) is 0 Å². The number of benzene rings is 3. The van der Waals surface area contributed by atoms with Gasteiger partial charge in [-0.3, -0.25) is 9.36 Å². The summed E-state index contributed by atoms with van der Waals surface area (Å²) in [5, 5.41) is 0.610. The molecule has 1 fully saturated rings. The van der Waals surface area contributed by atoms with Crippen LogP contribution < -0.4 is 10.3 Å². The van der Waals surface area contributed by atoms with E-state index in [4.69, 9.17) is 9.72 Å². The minimum atomic E-state index is -0.0696. The van der Waals surface area contributed by atoms with Crippen molar-refractivity contribution in [3.63, 3.8) is 0 Å². The zero-order valence-electron chi connectivity index (χ0n) is 18.8. The van der Waals surface area contributed by atoms with E-state index < -0.39 is 0 Å². The Labute approximate surface area is 194 Å². The lowest BCUT2D eigenvalue weighted by atomic mass is 10.1. The Morgan fingerprint density at radius 1 is 0.818 bits per heavy atom. The highest BCUT2D eigenvalue weighted by Gasteiger charge is 2.14. The van der Waals surface area contributed by atoms with Crippen LogP contribution in [0.5, 0.6) is 5.75 Å². The third kappa shape index (κ3) is 4.83. The first kappa shape index (κ1) is 21.4. The molecule has 0 unspecified atom stereocenters. The molecule has 5 nitrogen and oxygen atoms in total. The molecule has 0 spiro atoms. The van der Waals surface area contributed by atoms with Gasteiger partial charge in [-0.05, 0) is 80.9 Å². The number of para-hydroxylation sites is 2. The van der Waals surface area contributed by atoms with Crippen LogP contribution in [0.25, 0.3) is 28.0 Å². The van der Waals surface area contributed by atoms with E-state index in [1.165, 1.54) is 32.4 Å². The molecule has 0 saturated carbocycles. The number of hydrogen-bond donors (Lipinski definition) is 0. The summed E-state index contributed by atoms with van der Waals surface area (Å²) >= 11 is 0. The van der Waals surface area contributed by atoms with Crippen molar-refractivity contribution in [3.8, 4) is 22.8 Å². The van der Waals surface area contributed by atoms with Crippen molar-refractivity contribution in [2.75, 3.05) is 26.2 Å². The van der Waals surface area contributed by atoms with Gasteiger partial charge in [0.05, 0.1) is 23.2 Å². The highest BCUT2D eigenvalue weighted by atomic mass is 16.5. The van der Waals surface area contributed by atoms with Gasteiger partial charge in [-0.1, -0.05) is 36.8 Å². The van der Waals surface area contributed by atoms with Crippen LogP contribution in [0, 0.1) is 0 Å². The molecule has 1 saturated heterocycles. The van der Waals surface area contributed by atoms with Gasteiger partial charge in [0.2, 0.25) is 0 Å². The van der Waals surface area contributed by atoms with Crippen LogP contribution in [0.3, 0.4) is 0 Å².